The summed E-state index contributed by atoms with van der Waals surface area (Å²) in [6, 6.07) is 8.65. The zero-order valence-corrected chi connectivity index (χ0v) is 13.4. The molecule has 3 rings (SSSR count). The second-order valence-corrected chi connectivity index (χ2v) is 6.36. The number of amides is 3. The Kier molecular flexibility index (Phi) is 4.00. The summed E-state index contributed by atoms with van der Waals surface area (Å²) in [6.45, 7) is 2.19. The lowest BCUT2D eigenvalue weighted by Gasteiger charge is -2.11. The number of carbonyl (C=O) groups excluding carboxylic acids is 2. The minimum Gasteiger partial charge on any atom is -0.303 e. The number of nitrogens with zero attached hydrogens (tertiary/aromatic N) is 1. The second-order valence-electron chi connectivity index (χ2n) is 4.97. The molecule has 1 aromatic carbocycles. The van der Waals surface area contributed by atoms with E-state index in [2.05, 4.69) is 5.32 Å². The predicted octanol–water partition coefficient (Wildman–Crippen LogP) is 3.80. The average molecular weight is 333 g/mol. The van der Waals surface area contributed by atoms with Crippen LogP contribution < -0.4 is 5.32 Å². The number of rotatable bonds is 3. The third kappa shape index (κ3) is 2.91. The molecule has 1 aliphatic rings. The standard InChI is InChI=1S/C16H13ClN2O2S/c1-10-6-7-22-14(10)8-13-15(20)19(16(21)18-13)9-11-2-4-12(17)5-3-11/h2-8H,9H2,1H3,(H,18,21). The maximum absolute atomic E-state index is 12.4. The maximum atomic E-state index is 12.4. The van der Waals surface area contributed by atoms with E-state index in [0.29, 0.717) is 10.7 Å². The van der Waals surface area contributed by atoms with Crippen LogP contribution in [0, 0.1) is 6.92 Å². The Morgan fingerprint density at radius 2 is 1.95 bits per heavy atom. The Morgan fingerprint density at radius 3 is 2.59 bits per heavy atom. The van der Waals surface area contributed by atoms with Gasteiger partial charge in [0, 0.05) is 9.90 Å². The summed E-state index contributed by atoms with van der Waals surface area (Å²) in [5.41, 5.74) is 2.24. The van der Waals surface area contributed by atoms with E-state index in [1.807, 2.05) is 18.4 Å². The van der Waals surface area contributed by atoms with Gasteiger partial charge in [-0.15, -0.1) is 11.3 Å². The van der Waals surface area contributed by atoms with Gasteiger partial charge in [-0.25, -0.2) is 4.79 Å². The zero-order chi connectivity index (χ0) is 15.7. The highest BCUT2D eigenvalue weighted by Crippen LogP contribution is 2.22. The van der Waals surface area contributed by atoms with Crippen molar-refractivity contribution >= 4 is 41.0 Å². The van der Waals surface area contributed by atoms with Gasteiger partial charge in [-0.05, 0) is 47.7 Å². The zero-order valence-electron chi connectivity index (χ0n) is 11.8. The third-order valence-corrected chi connectivity index (χ3v) is 4.61. The Morgan fingerprint density at radius 1 is 1.23 bits per heavy atom. The molecular formula is C16H13ClN2O2S. The van der Waals surface area contributed by atoms with Gasteiger partial charge in [-0.1, -0.05) is 23.7 Å². The van der Waals surface area contributed by atoms with Crippen molar-refractivity contribution in [1.29, 1.82) is 0 Å². The minimum atomic E-state index is -0.402. The molecule has 112 valence electrons. The first-order valence-corrected chi connectivity index (χ1v) is 7.93. The van der Waals surface area contributed by atoms with Gasteiger partial charge in [-0.2, -0.15) is 0 Å². The molecule has 0 bridgehead atoms. The van der Waals surface area contributed by atoms with Crippen molar-refractivity contribution in [2.24, 2.45) is 0 Å². The van der Waals surface area contributed by atoms with Gasteiger partial charge in [0.05, 0.1) is 6.54 Å². The number of benzene rings is 1. The van der Waals surface area contributed by atoms with Crippen LogP contribution in [0.1, 0.15) is 16.0 Å². The molecule has 0 spiro atoms. The number of carbonyl (C=O) groups is 2. The van der Waals surface area contributed by atoms with Crippen molar-refractivity contribution in [2.45, 2.75) is 13.5 Å². The molecule has 1 N–H and O–H groups in total. The van der Waals surface area contributed by atoms with Crippen LogP contribution >= 0.6 is 22.9 Å². The third-order valence-electron chi connectivity index (χ3n) is 3.39. The van der Waals surface area contributed by atoms with Crippen LogP contribution in [0.3, 0.4) is 0 Å². The normalized spacial score (nSPS) is 16.5. The molecule has 0 unspecified atom stereocenters. The predicted molar refractivity (Wildman–Crippen MR) is 87.6 cm³/mol. The lowest BCUT2D eigenvalue weighted by molar-refractivity contribution is -0.123. The highest BCUT2D eigenvalue weighted by Gasteiger charge is 2.33. The van der Waals surface area contributed by atoms with Crippen LogP contribution in [-0.4, -0.2) is 16.8 Å². The van der Waals surface area contributed by atoms with Crippen molar-refractivity contribution in [3.8, 4) is 0 Å². The van der Waals surface area contributed by atoms with Crippen molar-refractivity contribution in [3.05, 3.63) is 62.4 Å². The average Bonchev–Trinajstić information content (AvgIpc) is 3.00. The van der Waals surface area contributed by atoms with Crippen LogP contribution in [0.4, 0.5) is 4.79 Å². The smallest absolute Gasteiger partial charge is 0.303 e. The number of imide groups is 1. The molecular weight excluding hydrogens is 320 g/mol. The minimum absolute atomic E-state index is 0.225. The van der Waals surface area contributed by atoms with E-state index in [-0.39, 0.29) is 12.5 Å². The summed E-state index contributed by atoms with van der Waals surface area (Å²) in [5, 5.41) is 5.20. The molecule has 2 aromatic rings. The first-order chi connectivity index (χ1) is 10.5. The van der Waals surface area contributed by atoms with E-state index in [1.165, 1.54) is 16.2 Å². The Hall–Kier alpha value is -2.11. The fourth-order valence-electron chi connectivity index (χ4n) is 2.15. The highest BCUT2D eigenvalue weighted by molar-refractivity contribution is 7.11. The molecule has 3 amide bonds. The summed E-state index contributed by atoms with van der Waals surface area (Å²) in [4.78, 5) is 26.5. The first-order valence-electron chi connectivity index (χ1n) is 6.67. The molecule has 1 fully saturated rings. The quantitative estimate of drug-likeness (QED) is 0.686. The first kappa shape index (κ1) is 14.8. The molecule has 0 radical (unpaired) electrons. The van der Waals surface area contributed by atoms with Gasteiger partial charge < -0.3 is 5.32 Å². The molecule has 1 aromatic heterocycles. The molecule has 0 aliphatic carbocycles. The Bertz CT molecular complexity index is 765. The van der Waals surface area contributed by atoms with Gasteiger partial charge in [-0.3, -0.25) is 9.69 Å². The largest absolute Gasteiger partial charge is 0.329 e. The second kappa shape index (κ2) is 5.94. The maximum Gasteiger partial charge on any atom is 0.329 e. The Balaban J connectivity index is 1.81. The molecule has 0 saturated carbocycles. The van der Waals surface area contributed by atoms with Gasteiger partial charge in [0.25, 0.3) is 5.91 Å². The van der Waals surface area contributed by atoms with Gasteiger partial charge >= 0.3 is 6.03 Å². The van der Waals surface area contributed by atoms with Crippen LogP contribution in [0.25, 0.3) is 6.08 Å². The van der Waals surface area contributed by atoms with Crippen molar-refractivity contribution in [3.63, 3.8) is 0 Å². The monoisotopic (exact) mass is 332 g/mol. The number of aryl methyl sites for hydroxylation is 1. The van der Waals surface area contributed by atoms with Crippen molar-refractivity contribution in [2.75, 3.05) is 0 Å². The summed E-state index contributed by atoms with van der Waals surface area (Å²) in [7, 11) is 0. The lowest BCUT2D eigenvalue weighted by Crippen LogP contribution is -2.30. The van der Waals surface area contributed by atoms with Gasteiger partial charge in [0.1, 0.15) is 5.70 Å². The van der Waals surface area contributed by atoms with Crippen LogP contribution in [0.5, 0.6) is 0 Å². The molecule has 1 aliphatic heterocycles. The Labute approximate surface area is 137 Å². The van der Waals surface area contributed by atoms with E-state index in [9.17, 15) is 9.59 Å². The highest BCUT2D eigenvalue weighted by atomic mass is 35.5. The van der Waals surface area contributed by atoms with E-state index in [1.54, 1.807) is 30.3 Å². The van der Waals surface area contributed by atoms with Gasteiger partial charge in [0.2, 0.25) is 0 Å². The number of halogens is 1. The number of hydrogen-bond donors (Lipinski definition) is 1. The molecule has 4 nitrogen and oxygen atoms in total. The van der Waals surface area contributed by atoms with Crippen molar-refractivity contribution in [1.82, 2.24) is 10.2 Å². The molecule has 0 atom stereocenters. The van der Waals surface area contributed by atoms with E-state index < -0.39 is 6.03 Å². The number of urea groups is 1. The lowest BCUT2D eigenvalue weighted by atomic mass is 10.2. The molecule has 6 heteroatoms. The van der Waals surface area contributed by atoms with Crippen LogP contribution in [-0.2, 0) is 11.3 Å². The fourth-order valence-corrected chi connectivity index (χ4v) is 3.14. The number of nitrogens with one attached hydrogen (secondary N) is 1. The topological polar surface area (TPSA) is 49.4 Å². The van der Waals surface area contributed by atoms with E-state index in [4.69, 9.17) is 11.6 Å². The van der Waals surface area contributed by atoms with Crippen molar-refractivity contribution < 1.29 is 9.59 Å². The summed E-state index contributed by atoms with van der Waals surface area (Å²) in [5.74, 6) is -0.312. The summed E-state index contributed by atoms with van der Waals surface area (Å²) < 4.78 is 0. The van der Waals surface area contributed by atoms with Crippen LogP contribution in [0.2, 0.25) is 5.02 Å². The SMILES string of the molecule is Cc1ccsc1C=C1NC(=O)N(Cc2ccc(Cl)cc2)C1=O. The van der Waals surface area contributed by atoms with E-state index >= 15 is 0 Å². The van der Waals surface area contributed by atoms with Crippen LogP contribution in [0.15, 0.2) is 41.4 Å². The van der Waals surface area contributed by atoms with E-state index in [0.717, 1.165) is 16.0 Å². The molecule has 22 heavy (non-hydrogen) atoms. The molecule has 2 heterocycles. The number of thiophene rings is 1. The summed E-state index contributed by atoms with van der Waals surface area (Å²) in [6.07, 6.45) is 1.72. The van der Waals surface area contributed by atoms with Gasteiger partial charge in [0.15, 0.2) is 0 Å². The molecule has 1 saturated heterocycles. The fraction of sp³-hybridized carbons (Fsp3) is 0.125. The summed E-state index contributed by atoms with van der Waals surface area (Å²) >= 11 is 7.37. The number of hydrogen-bond acceptors (Lipinski definition) is 3.